The van der Waals surface area contributed by atoms with E-state index in [4.69, 9.17) is 18.9 Å². The third-order valence-electron chi connectivity index (χ3n) is 1.66. The van der Waals surface area contributed by atoms with Crippen LogP contribution in [0.1, 0.15) is 6.92 Å². The van der Waals surface area contributed by atoms with Gasteiger partial charge < -0.3 is 18.9 Å². The molecule has 0 aliphatic rings. The summed E-state index contributed by atoms with van der Waals surface area (Å²) in [5, 5.41) is 0. The standard InChI is InChI=1S/C10H22O4/c1-10(8-12-3)9-14-7-6-13-5-4-11-2/h10H,4-9H2,1-3H3. The lowest BCUT2D eigenvalue weighted by atomic mass is 10.2. The molecule has 0 bridgehead atoms. The predicted octanol–water partition coefficient (Wildman–Crippen LogP) is 0.949. The van der Waals surface area contributed by atoms with Crippen molar-refractivity contribution in [3.05, 3.63) is 0 Å². The quantitative estimate of drug-likeness (QED) is 0.499. The lowest BCUT2D eigenvalue weighted by Gasteiger charge is -2.10. The Balaban J connectivity index is 2.98. The number of hydrogen-bond acceptors (Lipinski definition) is 4. The van der Waals surface area contributed by atoms with Gasteiger partial charge in [0.15, 0.2) is 0 Å². The summed E-state index contributed by atoms with van der Waals surface area (Å²) in [6.45, 7) is 6.09. The Kier molecular flexibility index (Phi) is 10.8. The Morgan fingerprint density at radius 1 is 0.786 bits per heavy atom. The van der Waals surface area contributed by atoms with Gasteiger partial charge in [-0.05, 0) is 0 Å². The van der Waals surface area contributed by atoms with Gasteiger partial charge >= 0.3 is 0 Å². The first-order valence-corrected chi connectivity index (χ1v) is 4.94. The molecule has 14 heavy (non-hydrogen) atoms. The average molecular weight is 206 g/mol. The van der Waals surface area contributed by atoms with E-state index in [-0.39, 0.29) is 0 Å². The van der Waals surface area contributed by atoms with E-state index >= 15 is 0 Å². The number of hydrogen-bond donors (Lipinski definition) is 0. The van der Waals surface area contributed by atoms with Crippen LogP contribution in [0.25, 0.3) is 0 Å². The third kappa shape index (κ3) is 9.92. The molecule has 0 aliphatic carbocycles. The second-order valence-electron chi connectivity index (χ2n) is 3.24. The van der Waals surface area contributed by atoms with Crippen molar-refractivity contribution in [2.75, 3.05) is 53.9 Å². The molecule has 0 fully saturated rings. The minimum absolute atomic E-state index is 0.443. The van der Waals surface area contributed by atoms with Crippen LogP contribution in [0.3, 0.4) is 0 Å². The fourth-order valence-electron chi connectivity index (χ4n) is 0.979. The Morgan fingerprint density at radius 3 is 2.07 bits per heavy atom. The second-order valence-corrected chi connectivity index (χ2v) is 3.24. The zero-order valence-electron chi connectivity index (χ0n) is 9.45. The van der Waals surface area contributed by atoms with Crippen LogP contribution in [-0.2, 0) is 18.9 Å². The average Bonchev–Trinajstić information content (AvgIpc) is 2.17. The highest BCUT2D eigenvalue weighted by molar-refractivity contribution is 4.47. The monoisotopic (exact) mass is 206 g/mol. The van der Waals surface area contributed by atoms with Crippen molar-refractivity contribution in [2.45, 2.75) is 6.92 Å². The lowest BCUT2D eigenvalue weighted by molar-refractivity contribution is 0.00832. The molecule has 0 aromatic carbocycles. The van der Waals surface area contributed by atoms with Gasteiger partial charge in [-0.3, -0.25) is 0 Å². The third-order valence-corrected chi connectivity index (χ3v) is 1.66. The van der Waals surface area contributed by atoms with E-state index in [1.807, 2.05) is 0 Å². The van der Waals surface area contributed by atoms with Crippen molar-refractivity contribution in [2.24, 2.45) is 5.92 Å². The summed E-state index contributed by atoms with van der Waals surface area (Å²) in [7, 11) is 3.36. The lowest BCUT2D eigenvalue weighted by Crippen LogP contribution is -2.15. The Bertz CT molecular complexity index is 108. The van der Waals surface area contributed by atoms with E-state index in [9.17, 15) is 0 Å². The maximum Gasteiger partial charge on any atom is 0.0701 e. The van der Waals surface area contributed by atoms with Gasteiger partial charge in [0.2, 0.25) is 0 Å². The summed E-state index contributed by atoms with van der Waals surface area (Å²) in [6, 6.07) is 0. The predicted molar refractivity (Wildman–Crippen MR) is 54.6 cm³/mol. The van der Waals surface area contributed by atoms with Gasteiger partial charge in [0.05, 0.1) is 39.6 Å². The molecule has 1 atom stereocenters. The zero-order valence-corrected chi connectivity index (χ0v) is 9.45. The number of methoxy groups -OCH3 is 2. The van der Waals surface area contributed by atoms with Crippen LogP contribution in [0.2, 0.25) is 0 Å². The van der Waals surface area contributed by atoms with E-state index < -0.39 is 0 Å². The van der Waals surface area contributed by atoms with E-state index in [0.29, 0.717) is 32.3 Å². The second kappa shape index (κ2) is 10.9. The SMILES string of the molecule is COCCOCCOCC(C)COC. The molecule has 0 saturated heterocycles. The van der Waals surface area contributed by atoms with Gasteiger partial charge in [-0.25, -0.2) is 0 Å². The molecule has 0 saturated carbocycles. The highest BCUT2D eigenvalue weighted by Gasteiger charge is 2.00. The first-order chi connectivity index (χ1) is 6.81. The minimum atomic E-state index is 0.443. The summed E-state index contributed by atoms with van der Waals surface area (Å²) < 4.78 is 20.4. The summed E-state index contributed by atoms with van der Waals surface area (Å²) >= 11 is 0. The topological polar surface area (TPSA) is 36.9 Å². The van der Waals surface area contributed by atoms with Crippen molar-refractivity contribution < 1.29 is 18.9 Å². The summed E-state index contributed by atoms with van der Waals surface area (Å²) in [5.41, 5.74) is 0. The van der Waals surface area contributed by atoms with Crippen LogP contribution in [0, 0.1) is 5.92 Å². The molecule has 0 aromatic rings. The molecule has 0 N–H and O–H groups in total. The highest BCUT2D eigenvalue weighted by Crippen LogP contribution is 1.95. The van der Waals surface area contributed by atoms with Crippen molar-refractivity contribution in [1.29, 1.82) is 0 Å². The van der Waals surface area contributed by atoms with E-state index in [2.05, 4.69) is 6.92 Å². The van der Waals surface area contributed by atoms with E-state index in [1.165, 1.54) is 0 Å². The van der Waals surface area contributed by atoms with Crippen LogP contribution in [0.5, 0.6) is 0 Å². The van der Waals surface area contributed by atoms with Crippen LogP contribution < -0.4 is 0 Å². The van der Waals surface area contributed by atoms with Crippen LogP contribution in [0.4, 0.5) is 0 Å². The van der Waals surface area contributed by atoms with Gasteiger partial charge in [0.1, 0.15) is 0 Å². The Labute approximate surface area is 86.5 Å². The van der Waals surface area contributed by atoms with Crippen LogP contribution >= 0.6 is 0 Å². The molecule has 0 heterocycles. The van der Waals surface area contributed by atoms with Gasteiger partial charge in [-0.1, -0.05) is 6.92 Å². The molecular formula is C10H22O4. The molecule has 0 aliphatic heterocycles. The fraction of sp³-hybridized carbons (Fsp3) is 1.00. The zero-order chi connectivity index (χ0) is 10.6. The van der Waals surface area contributed by atoms with Gasteiger partial charge in [-0.2, -0.15) is 0 Å². The molecule has 0 amide bonds. The number of ether oxygens (including phenoxy) is 4. The summed E-state index contributed by atoms with van der Waals surface area (Å²) in [5.74, 6) is 0.443. The molecule has 86 valence electrons. The van der Waals surface area contributed by atoms with Crippen molar-refractivity contribution in [3.8, 4) is 0 Å². The normalized spacial score (nSPS) is 13.1. The molecule has 4 nitrogen and oxygen atoms in total. The first-order valence-electron chi connectivity index (χ1n) is 4.94. The maximum atomic E-state index is 5.38. The van der Waals surface area contributed by atoms with E-state index in [0.717, 1.165) is 13.2 Å². The number of rotatable bonds is 10. The summed E-state index contributed by atoms with van der Waals surface area (Å²) in [4.78, 5) is 0. The largest absolute Gasteiger partial charge is 0.384 e. The minimum Gasteiger partial charge on any atom is -0.384 e. The van der Waals surface area contributed by atoms with Crippen molar-refractivity contribution in [3.63, 3.8) is 0 Å². The fourth-order valence-corrected chi connectivity index (χ4v) is 0.979. The van der Waals surface area contributed by atoms with Gasteiger partial charge in [0, 0.05) is 20.1 Å². The molecule has 0 spiro atoms. The smallest absolute Gasteiger partial charge is 0.0701 e. The molecule has 4 heteroatoms. The Hall–Kier alpha value is -0.160. The van der Waals surface area contributed by atoms with Gasteiger partial charge in [0.25, 0.3) is 0 Å². The highest BCUT2D eigenvalue weighted by atomic mass is 16.5. The van der Waals surface area contributed by atoms with Crippen LogP contribution in [0.15, 0.2) is 0 Å². The maximum absolute atomic E-state index is 5.38. The summed E-state index contributed by atoms with van der Waals surface area (Å²) in [6.07, 6.45) is 0. The van der Waals surface area contributed by atoms with Crippen LogP contribution in [-0.4, -0.2) is 53.9 Å². The molecule has 0 aromatic heterocycles. The van der Waals surface area contributed by atoms with Gasteiger partial charge in [-0.15, -0.1) is 0 Å². The van der Waals surface area contributed by atoms with E-state index in [1.54, 1.807) is 14.2 Å². The Morgan fingerprint density at radius 2 is 1.43 bits per heavy atom. The van der Waals surface area contributed by atoms with Crippen molar-refractivity contribution in [1.82, 2.24) is 0 Å². The van der Waals surface area contributed by atoms with Crippen molar-refractivity contribution >= 4 is 0 Å². The molecule has 1 unspecified atom stereocenters. The molecule has 0 radical (unpaired) electrons. The molecular weight excluding hydrogens is 184 g/mol. The molecule has 0 rings (SSSR count). The first kappa shape index (κ1) is 13.8.